The molecule has 1 aromatic heterocycles. The normalized spacial score (nSPS) is 22.6. The first-order chi connectivity index (χ1) is 11.8. The Hall–Kier alpha value is -1.82. The van der Waals surface area contributed by atoms with Gasteiger partial charge in [0.1, 0.15) is 10.8 Å². The van der Waals surface area contributed by atoms with Crippen molar-refractivity contribution in [3.63, 3.8) is 0 Å². The highest BCUT2D eigenvalue weighted by Crippen LogP contribution is 2.27. The zero-order valence-electron chi connectivity index (χ0n) is 13.5. The highest BCUT2D eigenvalue weighted by molar-refractivity contribution is 8.15. The van der Waals surface area contributed by atoms with Gasteiger partial charge in [0.25, 0.3) is 5.91 Å². The van der Waals surface area contributed by atoms with Crippen molar-refractivity contribution in [1.82, 2.24) is 10.3 Å². The Morgan fingerprint density at radius 1 is 1.17 bits per heavy atom. The molecule has 2 aliphatic rings. The fraction of sp³-hybridized carbons (Fsp3) is 0.500. The van der Waals surface area contributed by atoms with Gasteiger partial charge in [0.05, 0.1) is 0 Å². The highest BCUT2D eigenvalue weighted by atomic mass is 32.2. The standard InChI is InChI=1S/C18H21N3O2S/c22-17-15(11-16-20-13-9-5-6-10-14(13)23-16)24-18(21-17)19-12-7-3-1-2-4-8-12/h5-6,9-10,12,15H,1-4,7-8,11H2,(H,19,21,22). The molecular formula is C18H21N3O2S. The number of benzene rings is 1. The number of thioether (sulfide) groups is 1. The van der Waals surface area contributed by atoms with Crippen molar-refractivity contribution >= 4 is 33.9 Å². The van der Waals surface area contributed by atoms with Crippen LogP contribution < -0.4 is 5.32 Å². The summed E-state index contributed by atoms with van der Waals surface area (Å²) in [6.07, 6.45) is 7.98. The number of para-hydroxylation sites is 2. The first-order valence-electron chi connectivity index (χ1n) is 8.68. The quantitative estimate of drug-likeness (QED) is 0.861. The van der Waals surface area contributed by atoms with E-state index in [0.29, 0.717) is 18.4 Å². The van der Waals surface area contributed by atoms with E-state index in [1.807, 2.05) is 24.3 Å². The van der Waals surface area contributed by atoms with Crippen LogP contribution in [0.2, 0.25) is 0 Å². The number of rotatable bonds is 3. The number of amidine groups is 1. The summed E-state index contributed by atoms with van der Waals surface area (Å²) in [5, 5.41) is 4.01. The summed E-state index contributed by atoms with van der Waals surface area (Å²) in [4.78, 5) is 20.9. The van der Waals surface area contributed by atoms with Crippen molar-refractivity contribution in [2.45, 2.75) is 56.2 Å². The van der Waals surface area contributed by atoms with Gasteiger partial charge in [-0.05, 0) is 25.0 Å². The third kappa shape index (κ3) is 3.48. The lowest BCUT2D eigenvalue weighted by Crippen LogP contribution is -2.32. The van der Waals surface area contributed by atoms with Crippen LogP contribution in [0.3, 0.4) is 0 Å². The Balaban J connectivity index is 1.38. The summed E-state index contributed by atoms with van der Waals surface area (Å²) >= 11 is 1.51. The van der Waals surface area contributed by atoms with Crippen LogP contribution in [0.1, 0.15) is 44.4 Å². The maximum atomic E-state index is 12.2. The molecule has 1 aromatic carbocycles. The molecule has 1 fully saturated rings. The fourth-order valence-corrected chi connectivity index (χ4v) is 4.37. The van der Waals surface area contributed by atoms with E-state index >= 15 is 0 Å². The number of nitrogens with zero attached hydrogens (tertiary/aromatic N) is 2. The monoisotopic (exact) mass is 343 g/mol. The van der Waals surface area contributed by atoms with Gasteiger partial charge in [-0.2, -0.15) is 4.99 Å². The molecule has 24 heavy (non-hydrogen) atoms. The Kier molecular flexibility index (Phi) is 4.56. The number of carbonyl (C=O) groups excluding carboxylic acids is 1. The Labute approximate surface area is 145 Å². The maximum Gasteiger partial charge on any atom is 0.262 e. The average molecular weight is 343 g/mol. The molecule has 1 aliphatic carbocycles. The molecular weight excluding hydrogens is 322 g/mol. The van der Waals surface area contributed by atoms with Gasteiger partial charge >= 0.3 is 0 Å². The molecule has 2 aromatic rings. The first kappa shape index (κ1) is 15.7. The van der Waals surface area contributed by atoms with Crippen LogP contribution in [-0.4, -0.2) is 27.4 Å². The number of carbonyl (C=O) groups is 1. The number of aromatic nitrogens is 1. The number of hydrogen-bond acceptors (Lipinski definition) is 5. The van der Waals surface area contributed by atoms with E-state index in [2.05, 4.69) is 15.3 Å². The van der Waals surface area contributed by atoms with Crippen LogP contribution in [0, 0.1) is 0 Å². The minimum Gasteiger partial charge on any atom is -0.441 e. The maximum absolute atomic E-state index is 12.2. The summed E-state index contributed by atoms with van der Waals surface area (Å²) in [6.45, 7) is 0. The first-order valence-corrected chi connectivity index (χ1v) is 9.56. The molecule has 1 unspecified atom stereocenters. The smallest absolute Gasteiger partial charge is 0.262 e. The van der Waals surface area contributed by atoms with Gasteiger partial charge in [-0.15, -0.1) is 0 Å². The van der Waals surface area contributed by atoms with E-state index < -0.39 is 0 Å². The minimum atomic E-state index is -0.230. The van der Waals surface area contributed by atoms with Crippen LogP contribution in [0.15, 0.2) is 33.7 Å². The van der Waals surface area contributed by atoms with E-state index in [1.54, 1.807) is 0 Å². The van der Waals surface area contributed by atoms with Gasteiger partial charge in [-0.1, -0.05) is 49.6 Å². The van der Waals surface area contributed by atoms with Gasteiger partial charge in [-0.3, -0.25) is 4.79 Å². The lowest BCUT2D eigenvalue weighted by Gasteiger charge is -2.16. The van der Waals surface area contributed by atoms with E-state index in [4.69, 9.17) is 4.42 Å². The third-order valence-electron chi connectivity index (χ3n) is 4.62. The SMILES string of the molecule is O=C1N=C(NC2CCCCCC2)SC1Cc1nc2ccccc2o1. The second-order valence-electron chi connectivity index (χ2n) is 6.47. The highest BCUT2D eigenvalue weighted by Gasteiger charge is 2.31. The molecule has 4 rings (SSSR count). The topological polar surface area (TPSA) is 67.5 Å². The van der Waals surface area contributed by atoms with Crippen molar-refractivity contribution in [2.75, 3.05) is 0 Å². The molecule has 1 N–H and O–H groups in total. The Morgan fingerprint density at radius 3 is 2.75 bits per heavy atom. The van der Waals surface area contributed by atoms with Crippen LogP contribution in [0.5, 0.6) is 0 Å². The summed E-state index contributed by atoms with van der Waals surface area (Å²) in [6, 6.07) is 8.12. The van der Waals surface area contributed by atoms with Gasteiger partial charge in [0.2, 0.25) is 0 Å². The molecule has 6 heteroatoms. The molecule has 1 atom stereocenters. The number of hydrogen-bond donors (Lipinski definition) is 1. The second-order valence-corrected chi connectivity index (χ2v) is 7.67. The number of oxazole rings is 1. The summed E-state index contributed by atoms with van der Waals surface area (Å²) in [5.74, 6) is 0.520. The van der Waals surface area contributed by atoms with Crippen LogP contribution in [-0.2, 0) is 11.2 Å². The largest absolute Gasteiger partial charge is 0.441 e. The lowest BCUT2D eigenvalue weighted by molar-refractivity contribution is -0.117. The van der Waals surface area contributed by atoms with E-state index in [-0.39, 0.29) is 11.2 Å². The molecule has 1 saturated carbocycles. The van der Waals surface area contributed by atoms with Crippen LogP contribution >= 0.6 is 11.8 Å². The zero-order valence-corrected chi connectivity index (χ0v) is 14.3. The molecule has 0 bridgehead atoms. The summed E-state index contributed by atoms with van der Waals surface area (Å²) < 4.78 is 5.73. The molecule has 2 heterocycles. The predicted octanol–water partition coefficient (Wildman–Crippen LogP) is 3.68. The second kappa shape index (κ2) is 6.97. The van der Waals surface area contributed by atoms with Crippen molar-refractivity contribution in [3.05, 3.63) is 30.2 Å². The molecule has 126 valence electrons. The molecule has 5 nitrogen and oxygen atoms in total. The summed E-state index contributed by atoms with van der Waals surface area (Å²) in [5.41, 5.74) is 1.60. The van der Waals surface area contributed by atoms with Crippen molar-refractivity contribution < 1.29 is 9.21 Å². The molecule has 1 amide bonds. The van der Waals surface area contributed by atoms with E-state index in [9.17, 15) is 4.79 Å². The van der Waals surface area contributed by atoms with Crippen molar-refractivity contribution in [3.8, 4) is 0 Å². The molecule has 0 spiro atoms. The average Bonchev–Trinajstić information content (AvgIpc) is 3.02. The number of aliphatic imine (C=N–C) groups is 1. The number of amides is 1. The van der Waals surface area contributed by atoms with Gasteiger partial charge in [0, 0.05) is 12.5 Å². The fourth-order valence-electron chi connectivity index (χ4n) is 3.34. The van der Waals surface area contributed by atoms with Crippen LogP contribution in [0.25, 0.3) is 11.1 Å². The lowest BCUT2D eigenvalue weighted by atomic mass is 10.1. The Morgan fingerprint density at radius 2 is 1.96 bits per heavy atom. The number of nitrogens with one attached hydrogen (secondary N) is 1. The molecule has 0 saturated heterocycles. The number of fused-ring (bicyclic) bond motifs is 1. The van der Waals surface area contributed by atoms with Crippen molar-refractivity contribution in [1.29, 1.82) is 0 Å². The van der Waals surface area contributed by atoms with Gasteiger partial charge in [-0.25, -0.2) is 4.98 Å². The summed E-state index contributed by atoms with van der Waals surface area (Å²) in [7, 11) is 0. The van der Waals surface area contributed by atoms with Crippen molar-refractivity contribution in [2.24, 2.45) is 4.99 Å². The molecule has 1 aliphatic heterocycles. The minimum absolute atomic E-state index is 0.0848. The van der Waals surface area contributed by atoms with Gasteiger partial charge < -0.3 is 9.73 Å². The zero-order chi connectivity index (χ0) is 16.4. The Bertz CT molecular complexity index is 729. The molecule has 0 radical (unpaired) electrons. The van der Waals surface area contributed by atoms with E-state index in [1.165, 1.54) is 50.3 Å². The predicted molar refractivity (Wildman–Crippen MR) is 96.2 cm³/mol. The third-order valence-corrected chi connectivity index (χ3v) is 5.71. The van der Waals surface area contributed by atoms with Gasteiger partial charge in [0.15, 0.2) is 16.6 Å². The van der Waals surface area contributed by atoms with Crippen LogP contribution in [0.4, 0.5) is 0 Å². The van der Waals surface area contributed by atoms with E-state index in [0.717, 1.165) is 16.3 Å².